The van der Waals surface area contributed by atoms with Crippen LogP contribution in [0.15, 0.2) is 28.7 Å². The zero-order chi connectivity index (χ0) is 15.4. The van der Waals surface area contributed by atoms with E-state index >= 15 is 0 Å². The Morgan fingerprint density at radius 2 is 2.05 bits per heavy atom. The molecule has 1 unspecified atom stereocenters. The lowest BCUT2D eigenvalue weighted by atomic mass is 9.95. The molecule has 21 heavy (non-hydrogen) atoms. The fourth-order valence-electron chi connectivity index (χ4n) is 2.67. The summed E-state index contributed by atoms with van der Waals surface area (Å²) in [6.07, 6.45) is 3.08. The molecule has 2 nitrogen and oxygen atoms in total. The largest absolute Gasteiger partial charge is 0.271 e. The van der Waals surface area contributed by atoms with Gasteiger partial charge in [0.25, 0.3) is 0 Å². The molecular weight excluding hydrogens is 392 g/mol. The molecule has 0 radical (unpaired) electrons. The summed E-state index contributed by atoms with van der Waals surface area (Å²) in [5, 5.41) is 5.59. The van der Waals surface area contributed by atoms with Crippen LogP contribution >= 0.6 is 31.9 Å². The summed E-state index contributed by atoms with van der Waals surface area (Å²) in [7, 11) is 2.04. The van der Waals surface area contributed by atoms with E-state index in [0.717, 1.165) is 30.3 Å². The van der Waals surface area contributed by atoms with Crippen molar-refractivity contribution in [2.45, 2.75) is 33.1 Å². The first-order valence-electron chi connectivity index (χ1n) is 7.36. The highest BCUT2D eigenvalue weighted by Gasteiger charge is 2.17. The molecule has 1 aromatic carbocycles. The maximum atomic E-state index is 4.59. The Kier molecular flexibility index (Phi) is 6.06. The van der Waals surface area contributed by atoms with E-state index in [2.05, 4.69) is 75.1 Å². The van der Waals surface area contributed by atoms with Crippen molar-refractivity contribution in [2.75, 3.05) is 5.33 Å². The molecule has 2 rings (SSSR count). The second kappa shape index (κ2) is 7.59. The van der Waals surface area contributed by atoms with E-state index in [4.69, 9.17) is 0 Å². The summed E-state index contributed by atoms with van der Waals surface area (Å²) in [6.45, 7) is 4.30. The first-order chi connectivity index (χ1) is 10.0. The molecule has 0 aliphatic heterocycles. The van der Waals surface area contributed by atoms with Crippen molar-refractivity contribution in [3.63, 3.8) is 0 Å². The smallest absolute Gasteiger partial charge is 0.0766 e. The van der Waals surface area contributed by atoms with Crippen molar-refractivity contribution < 1.29 is 0 Å². The number of alkyl halides is 1. The first-order valence-corrected chi connectivity index (χ1v) is 9.28. The molecule has 0 bridgehead atoms. The molecular formula is C17H22Br2N2. The molecule has 1 heterocycles. The molecule has 0 amide bonds. The van der Waals surface area contributed by atoms with Crippen LogP contribution < -0.4 is 0 Å². The summed E-state index contributed by atoms with van der Waals surface area (Å²) in [6, 6.07) is 8.80. The van der Waals surface area contributed by atoms with Gasteiger partial charge in [0, 0.05) is 12.4 Å². The minimum Gasteiger partial charge on any atom is -0.271 e. The molecule has 2 aromatic rings. The Labute approximate surface area is 144 Å². The Morgan fingerprint density at radius 3 is 2.62 bits per heavy atom. The third-order valence-corrected chi connectivity index (χ3v) is 5.64. The van der Waals surface area contributed by atoms with Crippen molar-refractivity contribution in [3.05, 3.63) is 51.3 Å². The van der Waals surface area contributed by atoms with Crippen LogP contribution in [-0.4, -0.2) is 15.1 Å². The van der Waals surface area contributed by atoms with E-state index in [-0.39, 0.29) is 0 Å². The number of hydrogen-bond acceptors (Lipinski definition) is 1. The van der Waals surface area contributed by atoms with Crippen molar-refractivity contribution in [3.8, 4) is 0 Å². The van der Waals surface area contributed by atoms with E-state index in [1.807, 2.05) is 11.7 Å². The molecule has 1 aromatic heterocycles. The number of benzene rings is 1. The Balaban J connectivity index is 2.14. The van der Waals surface area contributed by atoms with Crippen LogP contribution in [-0.2, 0) is 26.3 Å². The summed E-state index contributed by atoms with van der Waals surface area (Å²) in [5.74, 6) is 0.572. The van der Waals surface area contributed by atoms with Crippen LogP contribution in [0.25, 0.3) is 0 Å². The quantitative estimate of drug-likeness (QED) is 0.619. The van der Waals surface area contributed by atoms with Gasteiger partial charge in [-0.3, -0.25) is 4.68 Å². The number of aromatic nitrogens is 2. The van der Waals surface area contributed by atoms with E-state index in [0.29, 0.717) is 5.92 Å². The first kappa shape index (κ1) is 16.8. The Morgan fingerprint density at radius 1 is 1.29 bits per heavy atom. The van der Waals surface area contributed by atoms with Gasteiger partial charge in [-0.05, 0) is 53.6 Å². The predicted molar refractivity (Wildman–Crippen MR) is 96.2 cm³/mol. The van der Waals surface area contributed by atoms with Gasteiger partial charge in [0.15, 0.2) is 0 Å². The highest BCUT2D eigenvalue weighted by Crippen LogP contribution is 2.26. The maximum absolute atomic E-state index is 4.59. The maximum Gasteiger partial charge on any atom is 0.0766 e. The third-order valence-electron chi connectivity index (χ3n) is 3.81. The second-order valence-electron chi connectivity index (χ2n) is 5.60. The molecule has 0 aliphatic rings. The lowest BCUT2D eigenvalue weighted by molar-refractivity contribution is 0.555. The van der Waals surface area contributed by atoms with Gasteiger partial charge >= 0.3 is 0 Å². The summed E-state index contributed by atoms with van der Waals surface area (Å²) in [5.41, 5.74) is 5.18. The van der Waals surface area contributed by atoms with Crippen molar-refractivity contribution in [1.29, 1.82) is 0 Å². The van der Waals surface area contributed by atoms with Crippen LogP contribution in [0.2, 0.25) is 0 Å². The molecule has 0 saturated heterocycles. The van der Waals surface area contributed by atoms with E-state index in [9.17, 15) is 0 Å². The molecule has 0 spiro atoms. The molecule has 4 heteroatoms. The SMILES string of the molecule is CCc1nn(C)c(CC(CBr)Cc2cccc(C)c2)c1Br. The van der Waals surface area contributed by atoms with Gasteiger partial charge in [-0.1, -0.05) is 52.7 Å². The van der Waals surface area contributed by atoms with Crippen molar-refractivity contribution >= 4 is 31.9 Å². The number of rotatable bonds is 6. The Bertz CT molecular complexity index is 605. The molecule has 1 atom stereocenters. The van der Waals surface area contributed by atoms with Crippen LogP contribution in [0.3, 0.4) is 0 Å². The van der Waals surface area contributed by atoms with Crippen LogP contribution in [0.5, 0.6) is 0 Å². The van der Waals surface area contributed by atoms with Gasteiger partial charge in [0.1, 0.15) is 0 Å². The second-order valence-corrected chi connectivity index (χ2v) is 7.04. The monoisotopic (exact) mass is 412 g/mol. The lowest BCUT2D eigenvalue weighted by Crippen LogP contribution is -2.13. The average molecular weight is 414 g/mol. The van der Waals surface area contributed by atoms with Gasteiger partial charge in [0.2, 0.25) is 0 Å². The molecule has 0 N–H and O–H groups in total. The van der Waals surface area contributed by atoms with Gasteiger partial charge in [-0.15, -0.1) is 0 Å². The van der Waals surface area contributed by atoms with Crippen LogP contribution in [0.4, 0.5) is 0 Å². The fraction of sp³-hybridized carbons (Fsp3) is 0.471. The Hall–Kier alpha value is -0.610. The molecule has 0 fully saturated rings. The zero-order valence-electron chi connectivity index (χ0n) is 12.9. The van der Waals surface area contributed by atoms with E-state index < -0.39 is 0 Å². The normalized spacial score (nSPS) is 12.6. The third kappa shape index (κ3) is 4.19. The molecule has 0 saturated carbocycles. The summed E-state index contributed by atoms with van der Waals surface area (Å²) >= 11 is 7.40. The zero-order valence-corrected chi connectivity index (χ0v) is 16.0. The fourth-order valence-corrected chi connectivity index (χ4v) is 3.90. The number of hydrogen-bond donors (Lipinski definition) is 0. The minimum atomic E-state index is 0.572. The van der Waals surface area contributed by atoms with Crippen molar-refractivity contribution in [1.82, 2.24) is 9.78 Å². The topological polar surface area (TPSA) is 17.8 Å². The highest BCUT2D eigenvalue weighted by atomic mass is 79.9. The number of nitrogens with zero attached hydrogens (tertiary/aromatic N) is 2. The molecule has 114 valence electrons. The van der Waals surface area contributed by atoms with Gasteiger partial charge in [-0.2, -0.15) is 5.10 Å². The van der Waals surface area contributed by atoms with E-state index in [1.54, 1.807) is 0 Å². The minimum absolute atomic E-state index is 0.572. The van der Waals surface area contributed by atoms with Crippen molar-refractivity contribution in [2.24, 2.45) is 13.0 Å². The lowest BCUT2D eigenvalue weighted by Gasteiger charge is -2.15. The van der Waals surface area contributed by atoms with Gasteiger partial charge in [-0.25, -0.2) is 0 Å². The summed E-state index contributed by atoms with van der Waals surface area (Å²) < 4.78 is 3.21. The van der Waals surface area contributed by atoms with Gasteiger partial charge < -0.3 is 0 Å². The number of aryl methyl sites for hydroxylation is 3. The highest BCUT2D eigenvalue weighted by molar-refractivity contribution is 9.10. The van der Waals surface area contributed by atoms with Crippen LogP contribution in [0, 0.1) is 12.8 Å². The number of halogens is 2. The van der Waals surface area contributed by atoms with Gasteiger partial charge in [0.05, 0.1) is 15.9 Å². The van der Waals surface area contributed by atoms with Crippen LogP contribution in [0.1, 0.15) is 29.4 Å². The van der Waals surface area contributed by atoms with E-state index in [1.165, 1.54) is 21.3 Å². The standard InChI is InChI=1S/C17H22Br2N2/c1-4-15-17(19)16(21(3)20-15)10-14(11-18)9-13-7-5-6-12(2)8-13/h5-8,14H,4,9-11H2,1-3H3. The summed E-state index contributed by atoms with van der Waals surface area (Å²) in [4.78, 5) is 0. The average Bonchev–Trinajstić information content (AvgIpc) is 2.73. The predicted octanol–water partition coefficient (Wildman–Crippen LogP) is 4.85. The molecule has 0 aliphatic carbocycles.